The summed E-state index contributed by atoms with van der Waals surface area (Å²) in [6, 6.07) is 14.1. The van der Waals surface area contributed by atoms with Crippen LogP contribution in [0.5, 0.6) is 5.75 Å². The number of sulfonamides is 1. The van der Waals surface area contributed by atoms with E-state index in [1.165, 1.54) is 37.5 Å². The minimum Gasteiger partial charge on any atom is -0.497 e. The van der Waals surface area contributed by atoms with Gasteiger partial charge in [0.2, 0.25) is 15.6 Å². The van der Waals surface area contributed by atoms with Crippen LogP contribution in [0.4, 0.5) is 0 Å². The molecule has 0 bridgehead atoms. The zero-order valence-corrected chi connectivity index (χ0v) is 18.5. The molecule has 10 heteroatoms. The molecular formula is C23H22N2O7S. The Balaban J connectivity index is 1.94. The highest BCUT2D eigenvalue weighted by molar-refractivity contribution is 7.89. The summed E-state index contributed by atoms with van der Waals surface area (Å²) in [5, 5.41) is 11.0. The highest BCUT2D eigenvalue weighted by Gasteiger charge is 2.61. The number of nitrogens with two attached hydrogens (primary N) is 1. The fourth-order valence-electron chi connectivity index (χ4n) is 4.21. The first-order valence-corrected chi connectivity index (χ1v) is 11.5. The summed E-state index contributed by atoms with van der Waals surface area (Å²) in [6.07, 6.45) is 3.16. The monoisotopic (exact) mass is 470 g/mol. The molecule has 4 rings (SSSR count). The number of primary amides is 1. The van der Waals surface area contributed by atoms with Gasteiger partial charge in [-0.25, -0.2) is 13.2 Å². The molecule has 1 aliphatic heterocycles. The van der Waals surface area contributed by atoms with Crippen molar-refractivity contribution >= 4 is 32.9 Å². The molecule has 1 aliphatic rings. The summed E-state index contributed by atoms with van der Waals surface area (Å²) in [7, 11) is -3.04. The molecule has 2 unspecified atom stereocenters. The van der Waals surface area contributed by atoms with Crippen LogP contribution in [0.2, 0.25) is 0 Å². The van der Waals surface area contributed by atoms with Crippen molar-refractivity contribution in [3.63, 3.8) is 0 Å². The molecule has 1 aromatic heterocycles. The number of methoxy groups -OCH3 is 1. The number of benzene rings is 2. The number of amides is 1. The molecule has 2 aromatic carbocycles. The number of furan rings is 1. The molecule has 0 saturated heterocycles. The summed E-state index contributed by atoms with van der Waals surface area (Å²) in [4.78, 5) is 25.5. The van der Waals surface area contributed by atoms with Gasteiger partial charge in [0.15, 0.2) is 0 Å². The lowest BCUT2D eigenvalue weighted by molar-refractivity contribution is -0.155. The Labute approximate surface area is 190 Å². The molecule has 172 valence electrons. The Morgan fingerprint density at radius 3 is 2.45 bits per heavy atom. The fraction of sp³-hybridized carbons (Fsp3) is 0.217. The first kappa shape index (κ1) is 22.6. The second-order valence-corrected chi connectivity index (χ2v) is 9.46. The van der Waals surface area contributed by atoms with E-state index in [1.807, 2.05) is 0 Å². The van der Waals surface area contributed by atoms with Gasteiger partial charge in [-0.05, 0) is 42.8 Å². The highest BCUT2D eigenvalue weighted by atomic mass is 32.2. The number of carboxylic acid groups (broad SMARTS) is 1. The van der Waals surface area contributed by atoms with Crippen molar-refractivity contribution in [1.82, 2.24) is 4.31 Å². The van der Waals surface area contributed by atoms with Crippen LogP contribution in [0.1, 0.15) is 18.1 Å². The average Bonchev–Trinajstić information content (AvgIpc) is 3.10. The van der Waals surface area contributed by atoms with E-state index in [1.54, 1.807) is 36.4 Å². The number of rotatable bonds is 6. The zero-order chi connectivity index (χ0) is 23.8. The lowest BCUT2D eigenvalue weighted by Gasteiger charge is -2.39. The van der Waals surface area contributed by atoms with E-state index in [4.69, 9.17) is 14.9 Å². The summed E-state index contributed by atoms with van der Waals surface area (Å²) < 4.78 is 38.9. The van der Waals surface area contributed by atoms with Gasteiger partial charge < -0.3 is 20.0 Å². The predicted molar refractivity (Wildman–Crippen MR) is 119 cm³/mol. The molecule has 0 saturated carbocycles. The smallest absolute Gasteiger partial charge is 0.335 e. The number of carboxylic acids is 1. The number of hydrogen-bond donors (Lipinski definition) is 2. The lowest BCUT2D eigenvalue weighted by Crippen LogP contribution is -2.66. The first-order valence-electron chi connectivity index (χ1n) is 10.1. The number of carbonyl (C=O) groups excluding carboxylic acids is 1. The molecule has 1 amide bonds. The summed E-state index contributed by atoms with van der Waals surface area (Å²) in [5.41, 5.74) is 3.54. The molecule has 0 spiro atoms. The molecule has 3 N–H and O–H groups in total. The van der Waals surface area contributed by atoms with Gasteiger partial charge >= 0.3 is 5.97 Å². The average molecular weight is 471 g/mol. The third kappa shape index (κ3) is 3.57. The number of carbonyl (C=O) groups is 2. The van der Waals surface area contributed by atoms with Crippen LogP contribution in [0.25, 0.3) is 11.0 Å². The molecule has 0 fully saturated rings. The molecule has 0 aliphatic carbocycles. The Bertz CT molecular complexity index is 1300. The van der Waals surface area contributed by atoms with Crippen molar-refractivity contribution in [3.05, 3.63) is 72.5 Å². The molecule has 33 heavy (non-hydrogen) atoms. The van der Waals surface area contributed by atoms with E-state index in [2.05, 4.69) is 0 Å². The van der Waals surface area contributed by atoms with Gasteiger partial charge in [0, 0.05) is 11.9 Å². The van der Waals surface area contributed by atoms with E-state index in [0.717, 1.165) is 0 Å². The van der Waals surface area contributed by atoms with E-state index < -0.39 is 33.4 Å². The van der Waals surface area contributed by atoms with Crippen LogP contribution in [0.3, 0.4) is 0 Å². The number of ether oxygens (including phenoxy) is 1. The maximum atomic E-state index is 13.7. The lowest BCUT2D eigenvalue weighted by atomic mass is 9.79. The fourth-order valence-corrected chi connectivity index (χ4v) is 5.90. The number of nitrogens with zero attached hydrogens (tertiary/aromatic N) is 1. The van der Waals surface area contributed by atoms with E-state index in [9.17, 15) is 23.1 Å². The maximum absolute atomic E-state index is 13.7. The molecular weight excluding hydrogens is 448 g/mol. The third-order valence-corrected chi connectivity index (χ3v) is 7.73. The Hall–Kier alpha value is -3.63. The van der Waals surface area contributed by atoms with Gasteiger partial charge in [0.05, 0.1) is 17.9 Å². The molecule has 9 nitrogen and oxygen atoms in total. The van der Waals surface area contributed by atoms with Gasteiger partial charge in [-0.3, -0.25) is 4.79 Å². The first-order chi connectivity index (χ1) is 15.7. The van der Waals surface area contributed by atoms with Crippen LogP contribution in [-0.2, 0) is 19.6 Å². The van der Waals surface area contributed by atoms with Gasteiger partial charge in [-0.2, -0.15) is 4.31 Å². The second kappa shape index (κ2) is 8.38. The van der Waals surface area contributed by atoms with E-state index in [-0.39, 0.29) is 23.6 Å². The predicted octanol–water partition coefficient (Wildman–Crippen LogP) is 2.48. The topological polar surface area (TPSA) is 140 Å². The van der Waals surface area contributed by atoms with E-state index >= 15 is 0 Å². The highest BCUT2D eigenvalue weighted by Crippen LogP contribution is 2.43. The Morgan fingerprint density at radius 1 is 1.15 bits per heavy atom. The van der Waals surface area contributed by atoms with E-state index in [0.29, 0.717) is 21.0 Å². The van der Waals surface area contributed by atoms with Gasteiger partial charge in [-0.15, -0.1) is 0 Å². The number of fused-ring (bicyclic) bond motifs is 1. The van der Waals surface area contributed by atoms with Crippen LogP contribution >= 0.6 is 0 Å². The van der Waals surface area contributed by atoms with Crippen LogP contribution in [-0.4, -0.2) is 48.9 Å². The van der Waals surface area contributed by atoms with Gasteiger partial charge in [-0.1, -0.05) is 30.4 Å². The minimum atomic E-state index is -4.48. The van der Waals surface area contributed by atoms with Crippen molar-refractivity contribution in [2.24, 2.45) is 5.73 Å². The molecule has 2 atom stereocenters. The van der Waals surface area contributed by atoms with Crippen molar-refractivity contribution in [3.8, 4) is 5.75 Å². The summed E-state index contributed by atoms with van der Waals surface area (Å²) in [5.74, 6) is -3.61. The number of aliphatic carboxylic acids is 1. The van der Waals surface area contributed by atoms with Crippen LogP contribution in [0.15, 0.2) is 76.1 Å². The summed E-state index contributed by atoms with van der Waals surface area (Å²) >= 11 is 0. The normalized spacial score (nSPS) is 21.5. The third-order valence-electron chi connectivity index (χ3n) is 5.84. The molecule has 0 radical (unpaired) electrons. The van der Waals surface area contributed by atoms with Crippen molar-refractivity contribution in [2.45, 2.75) is 22.8 Å². The quantitative estimate of drug-likeness (QED) is 0.417. The second-order valence-electron chi connectivity index (χ2n) is 7.59. The standard InChI is InChI=1S/C23H22N2O7S/c1-31-16-9-11-17(12-10-16)33(29,30)25-13-5-4-7-18(23(25,21(24)26)22(27)28)20-14-15-6-2-3-8-19(15)32-20/h2-6,8-12,14,18H,7,13H2,1H3,(H2,24,26)(H,27,28). The summed E-state index contributed by atoms with van der Waals surface area (Å²) in [6.45, 7) is -0.361. The Kier molecular flexibility index (Phi) is 5.73. The minimum absolute atomic E-state index is 0.0314. The van der Waals surface area contributed by atoms with Crippen molar-refractivity contribution in [1.29, 1.82) is 0 Å². The zero-order valence-electron chi connectivity index (χ0n) is 17.7. The number of allylic oxidation sites excluding steroid dienone is 1. The van der Waals surface area contributed by atoms with Crippen LogP contribution in [0, 0.1) is 0 Å². The van der Waals surface area contributed by atoms with Crippen molar-refractivity contribution in [2.75, 3.05) is 13.7 Å². The number of hydrogen-bond acceptors (Lipinski definition) is 6. The van der Waals surface area contributed by atoms with Crippen molar-refractivity contribution < 1.29 is 32.3 Å². The maximum Gasteiger partial charge on any atom is 0.335 e. The largest absolute Gasteiger partial charge is 0.497 e. The molecule has 3 aromatic rings. The van der Waals surface area contributed by atoms with Crippen LogP contribution < -0.4 is 10.5 Å². The van der Waals surface area contributed by atoms with Gasteiger partial charge in [0.25, 0.3) is 5.91 Å². The van der Waals surface area contributed by atoms with Gasteiger partial charge in [0.1, 0.15) is 17.1 Å². The SMILES string of the molecule is COc1ccc(S(=O)(=O)N2CC=CCC(c3cc4ccccc4o3)C2(C(N)=O)C(=O)O)cc1. The molecule has 2 heterocycles. The Morgan fingerprint density at radius 2 is 1.85 bits per heavy atom. The number of para-hydroxylation sites is 1.